The SMILES string of the molecule is [CH2]c1ccc(C(=O)N(CC)Cc2ccc(C(F)(F)F)cc2)cc1. The van der Waals surface area contributed by atoms with E-state index in [0.29, 0.717) is 17.7 Å². The Hall–Kier alpha value is -2.30. The van der Waals surface area contributed by atoms with Crippen LogP contribution in [0.2, 0.25) is 0 Å². The van der Waals surface area contributed by atoms with Crippen LogP contribution < -0.4 is 0 Å². The van der Waals surface area contributed by atoms with Gasteiger partial charge in [-0.2, -0.15) is 13.2 Å². The van der Waals surface area contributed by atoms with E-state index in [0.717, 1.165) is 17.7 Å². The van der Waals surface area contributed by atoms with Crippen LogP contribution in [0.5, 0.6) is 0 Å². The number of hydrogen-bond donors (Lipinski definition) is 0. The summed E-state index contributed by atoms with van der Waals surface area (Å²) in [6.07, 6.45) is -4.35. The number of rotatable bonds is 4. The molecule has 2 rings (SSSR count). The van der Waals surface area contributed by atoms with Gasteiger partial charge in [0.2, 0.25) is 0 Å². The number of nitrogens with zero attached hydrogens (tertiary/aromatic N) is 1. The van der Waals surface area contributed by atoms with Crippen molar-refractivity contribution in [2.75, 3.05) is 6.54 Å². The van der Waals surface area contributed by atoms with E-state index in [2.05, 4.69) is 6.92 Å². The molecule has 0 bridgehead atoms. The smallest absolute Gasteiger partial charge is 0.335 e. The molecule has 2 nitrogen and oxygen atoms in total. The third kappa shape index (κ3) is 4.34. The van der Waals surface area contributed by atoms with Crippen LogP contribution in [0, 0.1) is 6.92 Å². The Bertz CT molecular complexity index is 660. The predicted molar refractivity (Wildman–Crippen MR) is 82.8 cm³/mol. The van der Waals surface area contributed by atoms with Crippen LogP contribution in [-0.2, 0) is 12.7 Å². The first-order chi connectivity index (χ1) is 10.8. The Labute approximate surface area is 133 Å². The molecular weight excluding hydrogens is 303 g/mol. The van der Waals surface area contributed by atoms with Crippen LogP contribution in [0.4, 0.5) is 13.2 Å². The van der Waals surface area contributed by atoms with E-state index in [1.54, 1.807) is 29.2 Å². The zero-order valence-corrected chi connectivity index (χ0v) is 12.7. The van der Waals surface area contributed by atoms with Gasteiger partial charge in [-0.05, 0) is 49.2 Å². The monoisotopic (exact) mass is 320 g/mol. The zero-order valence-electron chi connectivity index (χ0n) is 12.7. The van der Waals surface area contributed by atoms with Crippen molar-refractivity contribution < 1.29 is 18.0 Å². The number of hydrogen-bond acceptors (Lipinski definition) is 1. The standard InChI is InChI=1S/C18H17F3NO/c1-3-22(17(23)15-8-4-13(2)5-9-15)12-14-6-10-16(11-7-14)18(19,20)21/h4-11H,2-3,12H2,1H3. The van der Waals surface area contributed by atoms with Gasteiger partial charge in [0.25, 0.3) is 5.91 Å². The largest absolute Gasteiger partial charge is 0.416 e. The Morgan fingerprint density at radius 2 is 1.61 bits per heavy atom. The van der Waals surface area contributed by atoms with Crippen LogP contribution in [-0.4, -0.2) is 17.4 Å². The first-order valence-corrected chi connectivity index (χ1v) is 7.18. The van der Waals surface area contributed by atoms with Crippen LogP contribution in [0.15, 0.2) is 48.5 Å². The minimum Gasteiger partial charge on any atom is -0.335 e. The summed E-state index contributed by atoms with van der Waals surface area (Å²) in [6, 6.07) is 11.8. The van der Waals surface area contributed by atoms with E-state index >= 15 is 0 Å². The molecule has 2 aromatic rings. The Kier molecular flexibility index (Phi) is 5.08. The summed E-state index contributed by atoms with van der Waals surface area (Å²) in [5.41, 5.74) is 1.31. The number of amides is 1. The second-order valence-corrected chi connectivity index (χ2v) is 5.21. The molecule has 0 N–H and O–H groups in total. The van der Waals surface area contributed by atoms with Gasteiger partial charge in [-0.25, -0.2) is 0 Å². The molecule has 0 aliphatic heterocycles. The summed E-state index contributed by atoms with van der Waals surface area (Å²) >= 11 is 0. The fourth-order valence-corrected chi connectivity index (χ4v) is 2.18. The van der Waals surface area contributed by atoms with Gasteiger partial charge in [0, 0.05) is 18.7 Å². The number of halogens is 3. The summed E-state index contributed by atoms with van der Waals surface area (Å²) in [7, 11) is 0. The van der Waals surface area contributed by atoms with Gasteiger partial charge in [0.1, 0.15) is 0 Å². The molecule has 1 amide bonds. The second-order valence-electron chi connectivity index (χ2n) is 5.21. The number of carbonyl (C=O) groups is 1. The van der Waals surface area contributed by atoms with E-state index < -0.39 is 11.7 Å². The van der Waals surface area contributed by atoms with Crippen LogP contribution >= 0.6 is 0 Å². The maximum absolute atomic E-state index is 12.6. The van der Waals surface area contributed by atoms with Crippen molar-refractivity contribution in [2.24, 2.45) is 0 Å². The molecule has 0 aromatic heterocycles. The van der Waals surface area contributed by atoms with E-state index in [9.17, 15) is 18.0 Å². The van der Waals surface area contributed by atoms with Crippen molar-refractivity contribution in [1.29, 1.82) is 0 Å². The number of alkyl halides is 3. The molecule has 0 unspecified atom stereocenters. The third-order valence-electron chi connectivity index (χ3n) is 3.52. The minimum atomic E-state index is -4.35. The van der Waals surface area contributed by atoms with Gasteiger partial charge in [-0.3, -0.25) is 4.79 Å². The highest BCUT2D eigenvalue weighted by Gasteiger charge is 2.30. The fourth-order valence-electron chi connectivity index (χ4n) is 2.18. The van der Waals surface area contributed by atoms with Crippen molar-refractivity contribution in [3.05, 3.63) is 77.7 Å². The summed E-state index contributed by atoms with van der Waals surface area (Å²) in [5.74, 6) is -0.160. The van der Waals surface area contributed by atoms with Gasteiger partial charge >= 0.3 is 6.18 Å². The van der Waals surface area contributed by atoms with Gasteiger partial charge in [0.05, 0.1) is 5.56 Å². The molecule has 0 atom stereocenters. The molecule has 0 aliphatic carbocycles. The molecule has 1 radical (unpaired) electrons. The lowest BCUT2D eigenvalue weighted by Crippen LogP contribution is -2.30. The highest BCUT2D eigenvalue weighted by molar-refractivity contribution is 5.94. The fraction of sp³-hybridized carbons (Fsp3) is 0.222. The molecule has 0 spiro atoms. The average molecular weight is 320 g/mol. The van der Waals surface area contributed by atoms with E-state index in [1.807, 2.05) is 6.92 Å². The highest BCUT2D eigenvalue weighted by Crippen LogP contribution is 2.29. The molecule has 121 valence electrons. The van der Waals surface area contributed by atoms with Gasteiger partial charge in [0.15, 0.2) is 0 Å². The lowest BCUT2D eigenvalue weighted by Gasteiger charge is -2.21. The van der Waals surface area contributed by atoms with Crippen molar-refractivity contribution in [3.63, 3.8) is 0 Å². The van der Waals surface area contributed by atoms with Gasteiger partial charge < -0.3 is 4.90 Å². The number of benzene rings is 2. The van der Waals surface area contributed by atoms with E-state index in [1.165, 1.54) is 12.1 Å². The van der Waals surface area contributed by atoms with Gasteiger partial charge in [-0.1, -0.05) is 24.3 Å². The van der Waals surface area contributed by atoms with E-state index in [4.69, 9.17) is 0 Å². The first kappa shape index (κ1) is 17.1. The Morgan fingerprint density at radius 1 is 1.04 bits per heavy atom. The first-order valence-electron chi connectivity index (χ1n) is 7.18. The summed E-state index contributed by atoms with van der Waals surface area (Å²) in [6.45, 7) is 6.32. The third-order valence-corrected chi connectivity index (χ3v) is 3.52. The molecule has 0 aliphatic rings. The van der Waals surface area contributed by atoms with Crippen molar-refractivity contribution >= 4 is 5.91 Å². The summed E-state index contributed by atoms with van der Waals surface area (Å²) < 4.78 is 37.7. The molecular formula is C18H17F3NO. The second kappa shape index (κ2) is 6.86. The maximum atomic E-state index is 12.6. The Morgan fingerprint density at radius 3 is 2.09 bits per heavy atom. The predicted octanol–water partition coefficient (Wildman–Crippen LogP) is 4.55. The van der Waals surface area contributed by atoms with Crippen LogP contribution in [0.25, 0.3) is 0 Å². The van der Waals surface area contributed by atoms with Crippen molar-refractivity contribution in [2.45, 2.75) is 19.6 Å². The van der Waals surface area contributed by atoms with Crippen molar-refractivity contribution in [1.82, 2.24) is 4.90 Å². The highest BCUT2D eigenvalue weighted by atomic mass is 19.4. The maximum Gasteiger partial charge on any atom is 0.416 e. The number of carbonyl (C=O) groups excluding carboxylic acids is 1. The topological polar surface area (TPSA) is 20.3 Å². The van der Waals surface area contributed by atoms with Crippen molar-refractivity contribution in [3.8, 4) is 0 Å². The lowest BCUT2D eigenvalue weighted by molar-refractivity contribution is -0.137. The normalized spacial score (nSPS) is 11.3. The molecule has 0 saturated heterocycles. The summed E-state index contributed by atoms with van der Waals surface area (Å²) in [4.78, 5) is 14.0. The molecule has 0 fully saturated rings. The molecule has 2 aromatic carbocycles. The van der Waals surface area contributed by atoms with Gasteiger partial charge in [-0.15, -0.1) is 0 Å². The Balaban J connectivity index is 2.12. The quantitative estimate of drug-likeness (QED) is 0.809. The summed E-state index contributed by atoms with van der Waals surface area (Å²) in [5, 5.41) is 0. The molecule has 5 heteroatoms. The molecule has 0 heterocycles. The average Bonchev–Trinajstić information content (AvgIpc) is 2.52. The minimum absolute atomic E-state index is 0.160. The lowest BCUT2D eigenvalue weighted by atomic mass is 10.1. The molecule has 23 heavy (non-hydrogen) atoms. The van der Waals surface area contributed by atoms with E-state index in [-0.39, 0.29) is 12.5 Å². The zero-order chi connectivity index (χ0) is 17.0. The molecule has 0 saturated carbocycles. The van der Waals surface area contributed by atoms with Crippen LogP contribution in [0.1, 0.15) is 34.0 Å². The van der Waals surface area contributed by atoms with Crippen LogP contribution in [0.3, 0.4) is 0 Å².